The van der Waals surface area contributed by atoms with E-state index < -0.39 is 10.0 Å². The first-order valence-corrected chi connectivity index (χ1v) is 10.0. The van der Waals surface area contributed by atoms with Gasteiger partial charge in [0.15, 0.2) is 0 Å². The largest absolute Gasteiger partial charge is 0.345 e. The van der Waals surface area contributed by atoms with Crippen LogP contribution >= 0.6 is 11.8 Å². The van der Waals surface area contributed by atoms with Crippen molar-refractivity contribution in [2.24, 2.45) is 0 Å². The van der Waals surface area contributed by atoms with Gasteiger partial charge in [0.2, 0.25) is 10.0 Å². The molecule has 2 aromatic carbocycles. The number of amides is 1. The van der Waals surface area contributed by atoms with E-state index in [0.29, 0.717) is 5.56 Å². The van der Waals surface area contributed by atoms with Gasteiger partial charge in [0.25, 0.3) is 5.91 Å². The fourth-order valence-corrected chi connectivity index (χ4v) is 4.49. The van der Waals surface area contributed by atoms with Crippen molar-refractivity contribution in [1.82, 2.24) is 10.0 Å². The highest BCUT2D eigenvalue weighted by Crippen LogP contribution is 2.35. The average molecular weight is 362 g/mol. The van der Waals surface area contributed by atoms with Crippen LogP contribution < -0.4 is 10.0 Å². The van der Waals surface area contributed by atoms with Crippen LogP contribution in [0.1, 0.15) is 28.4 Å². The first-order valence-electron chi connectivity index (χ1n) is 7.57. The summed E-state index contributed by atoms with van der Waals surface area (Å²) < 4.78 is 25.7. The zero-order valence-electron chi connectivity index (χ0n) is 13.2. The smallest absolute Gasteiger partial charge is 0.251 e. The Hall–Kier alpha value is -1.83. The maximum Gasteiger partial charge on any atom is 0.251 e. The van der Waals surface area contributed by atoms with Gasteiger partial charge in [-0.2, -0.15) is 0 Å². The minimum absolute atomic E-state index is 0.0179. The Morgan fingerprint density at radius 3 is 2.54 bits per heavy atom. The SMILES string of the molecule is CNS(=O)(=O)c1ccc(C(=O)N[C@@H]2CCSc3ccccc32)cc1. The van der Waals surface area contributed by atoms with Crippen molar-refractivity contribution < 1.29 is 13.2 Å². The summed E-state index contributed by atoms with van der Waals surface area (Å²) in [6.45, 7) is 0. The van der Waals surface area contributed by atoms with E-state index in [-0.39, 0.29) is 16.8 Å². The van der Waals surface area contributed by atoms with E-state index in [4.69, 9.17) is 0 Å². The highest BCUT2D eigenvalue weighted by molar-refractivity contribution is 7.99. The number of fused-ring (bicyclic) bond motifs is 1. The quantitative estimate of drug-likeness (QED) is 0.876. The van der Waals surface area contributed by atoms with Crippen LogP contribution in [0.25, 0.3) is 0 Å². The lowest BCUT2D eigenvalue weighted by Gasteiger charge is -2.25. The molecular weight excluding hydrogens is 344 g/mol. The standard InChI is InChI=1S/C17H18N2O3S2/c1-18-24(21,22)13-8-6-12(7-9-13)17(20)19-15-10-11-23-16-5-3-2-4-14(15)16/h2-9,15,18H,10-11H2,1H3,(H,19,20)/t15-/m1/s1. The van der Waals surface area contributed by atoms with E-state index in [9.17, 15) is 13.2 Å². The summed E-state index contributed by atoms with van der Waals surface area (Å²) in [5, 5.41) is 3.05. The highest BCUT2D eigenvalue weighted by Gasteiger charge is 2.22. The second-order valence-corrected chi connectivity index (χ2v) is 8.46. The Kier molecular flexibility index (Phi) is 4.93. The summed E-state index contributed by atoms with van der Waals surface area (Å²) in [6, 6.07) is 14.0. The van der Waals surface area contributed by atoms with Crippen molar-refractivity contribution in [3.8, 4) is 0 Å². The fourth-order valence-electron chi connectivity index (χ4n) is 2.64. The molecule has 2 aromatic rings. The van der Waals surface area contributed by atoms with Gasteiger partial charge in [-0.25, -0.2) is 13.1 Å². The topological polar surface area (TPSA) is 75.3 Å². The van der Waals surface area contributed by atoms with Gasteiger partial charge in [-0.05, 0) is 49.4 Å². The van der Waals surface area contributed by atoms with E-state index in [0.717, 1.165) is 17.7 Å². The van der Waals surface area contributed by atoms with Gasteiger partial charge in [0.1, 0.15) is 0 Å². The Morgan fingerprint density at radius 1 is 1.12 bits per heavy atom. The molecule has 1 heterocycles. The molecule has 0 aliphatic carbocycles. The van der Waals surface area contributed by atoms with Crippen LogP contribution in [0.4, 0.5) is 0 Å². The third kappa shape index (κ3) is 3.48. The van der Waals surface area contributed by atoms with Crippen molar-refractivity contribution in [1.29, 1.82) is 0 Å². The van der Waals surface area contributed by atoms with Crippen LogP contribution in [0.3, 0.4) is 0 Å². The van der Waals surface area contributed by atoms with E-state index in [1.807, 2.05) is 18.2 Å². The zero-order chi connectivity index (χ0) is 17.2. The van der Waals surface area contributed by atoms with Gasteiger partial charge in [0, 0.05) is 16.2 Å². The first kappa shape index (κ1) is 17.0. The monoisotopic (exact) mass is 362 g/mol. The van der Waals surface area contributed by atoms with E-state index in [1.165, 1.54) is 36.2 Å². The van der Waals surface area contributed by atoms with Gasteiger partial charge >= 0.3 is 0 Å². The molecule has 1 aliphatic rings. The second-order valence-electron chi connectivity index (χ2n) is 5.43. The maximum atomic E-state index is 12.5. The zero-order valence-corrected chi connectivity index (χ0v) is 14.8. The number of carbonyl (C=O) groups excluding carboxylic acids is 1. The molecule has 0 saturated carbocycles. The van der Waals surface area contributed by atoms with Gasteiger partial charge in [-0.15, -0.1) is 11.8 Å². The number of nitrogens with one attached hydrogen (secondary N) is 2. The van der Waals surface area contributed by atoms with Crippen molar-refractivity contribution in [3.05, 3.63) is 59.7 Å². The summed E-state index contributed by atoms with van der Waals surface area (Å²) in [5.74, 6) is 0.761. The van der Waals surface area contributed by atoms with Crippen LogP contribution in [0, 0.1) is 0 Å². The summed E-state index contributed by atoms with van der Waals surface area (Å²) in [7, 11) is -2.14. The number of thioether (sulfide) groups is 1. The molecule has 3 rings (SSSR count). The molecular formula is C17H18N2O3S2. The normalized spacial score (nSPS) is 17.1. The Morgan fingerprint density at radius 2 is 1.83 bits per heavy atom. The lowest BCUT2D eigenvalue weighted by Crippen LogP contribution is -2.30. The van der Waals surface area contributed by atoms with Gasteiger partial charge in [-0.3, -0.25) is 4.79 Å². The molecule has 0 spiro atoms. The van der Waals surface area contributed by atoms with Crippen LogP contribution in [0.2, 0.25) is 0 Å². The maximum absolute atomic E-state index is 12.5. The van der Waals surface area contributed by atoms with Crippen LogP contribution in [0.5, 0.6) is 0 Å². The summed E-state index contributed by atoms with van der Waals surface area (Å²) in [6.07, 6.45) is 0.875. The molecule has 1 amide bonds. The molecule has 2 N–H and O–H groups in total. The number of benzene rings is 2. The number of hydrogen-bond donors (Lipinski definition) is 2. The van der Waals surface area contributed by atoms with Crippen molar-refractivity contribution >= 4 is 27.7 Å². The predicted octanol–water partition coefficient (Wildman–Crippen LogP) is 2.56. The van der Waals surface area contributed by atoms with Crippen LogP contribution in [-0.2, 0) is 10.0 Å². The molecule has 0 radical (unpaired) electrons. The molecule has 0 bridgehead atoms. The summed E-state index contributed by atoms with van der Waals surface area (Å²) >= 11 is 1.80. The minimum Gasteiger partial charge on any atom is -0.345 e. The number of hydrogen-bond acceptors (Lipinski definition) is 4. The molecule has 0 fully saturated rings. The Labute approximate surface area is 145 Å². The summed E-state index contributed by atoms with van der Waals surface area (Å²) in [4.78, 5) is 13.8. The number of carbonyl (C=O) groups is 1. The van der Waals surface area contributed by atoms with Crippen molar-refractivity contribution in [3.63, 3.8) is 0 Å². The molecule has 5 nitrogen and oxygen atoms in total. The lowest BCUT2D eigenvalue weighted by molar-refractivity contribution is 0.0935. The van der Waals surface area contributed by atoms with Crippen LogP contribution in [0.15, 0.2) is 58.3 Å². The molecule has 0 saturated heterocycles. The third-order valence-electron chi connectivity index (χ3n) is 3.96. The number of sulfonamides is 1. The van der Waals surface area contributed by atoms with Crippen molar-refractivity contribution in [2.75, 3.05) is 12.8 Å². The van der Waals surface area contributed by atoms with Gasteiger partial charge in [-0.1, -0.05) is 18.2 Å². The molecule has 1 aliphatic heterocycles. The Bertz CT molecular complexity index is 848. The van der Waals surface area contributed by atoms with E-state index in [1.54, 1.807) is 11.8 Å². The second kappa shape index (κ2) is 6.96. The van der Waals surface area contributed by atoms with Gasteiger partial charge < -0.3 is 5.32 Å². The summed E-state index contributed by atoms with van der Waals surface area (Å²) in [5.41, 5.74) is 1.58. The third-order valence-corrected chi connectivity index (χ3v) is 6.51. The lowest BCUT2D eigenvalue weighted by atomic mass is 10.0. The molecule has 7 heteroatoms. The van der Waals surface area contributed by atoms with Crippen molar-refractivity contribution in [2.45, 2.75) is 22.3 Å². The number of rotatable bonds is 4. The molecule has 24 heavy (non-hydrogen) atoms. The highest BCUT2D eigenvalue weighted by atomic mass is 32.2. The van der Waals surface area contributed by atoms with E-state index in [2.05, 4.69) is 16.1 Å². The minimum atomic E-state index is -3.49. The molecule has 1 atom stereocenters. The Balaban J connectivity index is 1.77. The molecule has 0 aromatic heterocycles. The molecule has 126 valence electrons. The van der Waals surface area contributed by atoms with E-state index >= 15 is 0 Å². The fraction of sp³-hybridized carbons (Fsp3) is 0.235. The van der Waals surface area contributed by atoms with Gasteiger partial charge in [0.05, 0.1) is 10.9 Å². The van der Waals surface area contributed by atoms with Crippen LogP contribution in [-0.4, -0.2) is 27.1 Å². The molecule has 0 unspecified atom stereocenters. The predicted molar refractivity (Wildman–Crippen MR) is 94.7 cm³/mol. The average Bonchev–Trinajstić information content (AvgIpc) is 2.62. The first-order chi connectivity index (χ1) is 11.5.